The van der Waals surface area contributed by atoms with Crippen molar-refractivity contribution in [2.45, 2.75) is 39.2 Å². The molecule has 1 fully saturated rings. The van der Waals surface area contributed by atoms with Crippen LogP contribution in [0, 0.1) is 6.92 Å². The molecule has 1 saturated heterocycles. The Labute approximate surface area is 118 Å². The topological polar surface area (TPSA) is 28.2 Å². The van der Waals surface area contributed by atoms with Gasteiger partial charge in [-0.1, -0.05) is 6.92 Å². The second-order valence-electron chi connectivity index (χ2n) is 4.94. The number of aryl methyl sites for hydroxylation is 1. The van der Waals surface area contributed by atoms with Crippen LogP contribution in [0.25, 0.3) is 0 Å². The molecule has 3 nitrogen and oxygen atoms in total. The zero-order valence-electron chi connectivity index (χ0n) is 11.2. The summed E-state index contributed by atoms with van der Waals surface area (Å²) in [5, 5.41) is 3.47. The fraction of sp³-hybridized carbons (Fsp3) is 0.643. The van der Waals surface area contributed by atoms with Gasteiger partial charge in [0.25, 0.3) is 0 Å². The molecule has 1 N–H and O–H groups in total. The lowest BCUT2D eigenvalue weighted by Crippen LogP contribution is -2.46. The molecule has 2 rings (SSSR count). The van der Waals surface area contributed by atoms with E-state index in [0.29, 0.717) is 6.04 Å². The van der Waals surface area contributed by atoms with Gasteiger partial charge in [-0.25, -0.2) is 4.98 Å². The van der Waals surface area contributed by atoms with Crippen molar-refractivity contribution in [2.75, 3.05) is 24.5 Å². The number of hydrogen-bond donors (Lipinski definition) is 1. The van der Waals surface area contributed by atoms with E-state index in [9.17, 15) is 0 Å². The van der Waals surface area contributed by atoms with Crippen LogP contribution in [-0.4, -0.2) is 30.7 Å². The fourth-order valence-corrected chi connectivity index (χ4v) is 3.08. The minimum atomic E-state index is 0.589. The molecule has 100 valence electrons. The molecule has 0 spiro atoms. The van der Waals surface area contributed by atoms with Crippen molar-refractivity contribution in [1.29, 1.82) is 0 Å². The molecule has 1 unspecified atom stereocenters. The smallest absolute Gasteiger partial charge is 0.131 e. The van der Waals surface area contributed by atoms with Crippen molar-refractivity contribution in [3.63, 3.8) is 0 Å². The predicted molar refractivity (Wildman–Crippen MR) is 80.2 cm³/mol. The average molecular weight is 312 g/mol. The maximum Gasteiger partial charge on any atom is 0.131 e. The Bertz CT molecular complexity index is 395. The summed E-state index contributed by atoms with van der Waals surface area (Å²) in [7, 11) is 0. The van der Waals surface area contributed by atoms with Crippen molar-refractivity contribution >= 4 is 21.7 Å². The first kappa shape index (κ1) is 13.8. The molecule has 1 aliphatic rings. The summed E-state index contributed by atoms with van der Waals surface area (Å²) in [6.45, 7) is 7.54. The maximum absolute atomic E-state index is 4.61. The molecule has 1 atom stereocenters. The maximum atomic E-state index is 4.61. The Kier molecular flexibility index (Phi) is 5.01. The molecule has 1 aromatic heterocycles. The number of aromatic nitrogens is 1. The van der Waals surface area contributed by atoms with Crippen molar-refractivity contribution < 1.29 is 0 Å². The summed E-state index contributed by atoms with van der Waals surface area (Å²) in [6.07, 6.45) is 5.79. The van der Waals surface area contributed by atoms with Gasteiger partial charge in [-0.2, -0.15) is 0 Å². The minimum Gasteiger partial charge on any atom is -0.352 e. The van der Waals surface area contributed by atoms with E-state index in [-0.39, 0.29) is 0 Å². The van der Waals surface area contributed by atoms with Crippen LogP contribution in [-0.2, 0) is 0 Å². The first-order chi connectivity index (χ1) is 8.72. The van der Waals surface area contributed by atoms with Gasteiger partial charge in [0.15, 0.2) is 0 Å². The molecule has 0 amide bonds. The third kappa shape index (κ3) is 3.23. The standard InChI is InChI=1S/C14H22BrN3/c1-3-16-10-13-6-4-5-7-18(13)14-11(2)8-12(15)9-17-14/h8-9,13,16H,3-7,10H2,1-2H3. The zero-order valence-corrected chi connectivity index (χ0v) is 12.8. The highest BCUT2D eigenvalue weighted by atomic mass is 79.9. The lowest BCUT2D eigenvalue weighted by atomic mass is 10.0. The van der Waals surface area contributed by atoms with Crippen molar-refractivity contribution in [3.8, 4) is 0 Å². The van der Waals surface area contributed by atoms with Crippen molar-refractivity contribution in [3.05, 3.63) is 22.3 Å². The second kappa shape index (κ2) is 6.53. The first-order valence-electron chi connectivity index (χ1n) is 6.82. The van der Waals surface area contributed by atoms with Crippen LogP contribution in [0.5, 0.6) is 0 Å². The summed E-state index contributed by atoms with van der Waals surface area (Å²) in [4.78, 5) is 7.09. The third-order valence-corrected chi connectivity index (χ3v) is 3.98. The molecular formula is C14H22BrN3. The van der Waals surface area contributed by atoms with Gasteiger partial charge in [-0.05, 0) is 60.3 Å². The Balaban J connectivity index is 2.16. The van der Waals surface area contributed by atoms with Gasteiger partial charge in [0.1, 0.15) is 5.82 Å². The summed E-state index contributed by atoms with van der Waals surface area (Å²) < 4.78 is 1.06. The fourth-order valence-electron chi connectivity index (χ4n) is 2.64. The van der Waals surface area contributed by atoms with Gasteiger partial charge in [0, 0.05) is 29.8 Å². The largest absolute Gasteiger partial charge is 0.352 e. The van der Waals surface area contributed by atoms with E-state index in [1.165, 1.54) is 24.8 Å². The number of nitrogens with zero attached hydrogens (tertiary/aromatic N) is 2. The van der Waals surface area contributed by atoms with Gasteiger partial charge in [0.05, 0.1) is 0 Å². The number of pyridine rings is 1. The van der Waals surface area contributed by atoms with E-state index in [2.05, 4.69) is 51.0 Å². The average Bonchev–Trinajstić information content (AvgIpc) is 2.37. The Morgan fingerprint density at radius 3 is 3.06 bits per heavy atom. The predicted octanol–water partition coefficient (Wildman–Crippen LogP) is 3.12. The normalized spacial score (nSPS) is 20.2. The number of likely N-dealkylation sites (N-methyl/N-ethyl adjacent to an activating group) is 1. The van der Waals surface area contributed by atoms with Crippen LogP contribution < -0.4 is 10.2 Å². The van der Waals surface area contributed by atoms with Gasteiger partial charge in [-0.3, -0.25) is 0 Å². The number of piperidine rings is 1. The summed E-state index contributed by atoms with van der Waals surface area (Å²) in [5.41, 5.74) is 1.26. The molecule has 2 heterocycles. The summed E-state index contributed by atoms with van der Waals surface area (Å²) >= 11 is 3.48. The van der Waals surface area contributed by atoms with Gasteiger partial charge in [-0.15, -0.1) is 0 Å². The van der Waals surface area contributed by atoms with Crippen LogP contribution >= 0.6 is 15.9 Å². The number of anilines is 1. The highest BCUT2D eigenvalue weighted by Gasteiger charge is 2.24. The van der Waals surface area contributed by atoms with Crippen LogP contribution in [0.15, 0.2) is 16.7 Å². The Morgan fingerprint density at radius 2 is 2.33 bits per heavy atom. The SMILES string of the molecule is CCNCC1CCCCN1c1ncc(Br)cc1C. The van der Waals surface area contributed by atoms with Crippen LogP contribution in [0.2, 0.25) is 0 Å². The van der Waals surface area contributed by atoms with Gasteiger partial charge < -0.3 is 10.2 Å². The Hall–Kier alpha value is -0.610. The molecule has 18 heavy (non-hydrogen) atoms. The molecule has 0 radical (unpaired) electrons. The number of nitrogens with one attached hydrogen (secondary N) is 1. The van der Waals surface area contributed by atoms with Crippen molar-refractivity contribution in [2.24, 2.45) is 0 Å². The number of rotatable bonds is 4. The summed E-state index contributed by atoms with van der Waals surface area (Å²) in [6, 6.07) is 2.74. The van der Waals surface area contributed by atoms with E-state index < -0.39 is 0 Å². The van der Waals surface area contributed by atoms with E-state index in [0.717, 1.165) is 29.9 Å². The molecule has 4 heteroatoms. The van der Waals surface area contributed by atoms with Gasteiger partial charge in [0.2, 0.25) is 0 Å². The van der Waals surface area contributed by atoms with Crippen molar-refractivity contribution in [1.82, 2.24) is 10.3 Å². The van der Waals surface area contributed by atoms with E-state index in [1.54, 1.807) is 0 Å². The summed E-state index contributed by atoms with van der Waals surface area (Å²) in [5.74, 6) is 1.15. The molecule has 1 aromatic rings. The molecule has 0 aromatic carbocycles. The van der Waals surface area contributed by atoms with Crippen LogP contribution in [0.3, 0.4) is 0 Å². The zero-order chi connectivity index (χ0) is 13.0. The monoisotopic (exact) mass is 311 g/mol. The lowest BCUT2D eigenvalue weighted by Gasteiger charge is -2.37. The first-order valence-corrected chi connectivity index (χ1v) is 7.61. The van der Waals surface area contributed by atoms with Crippen LogP contribution in [0.1, 0.15) is 31.7 Å². The molecular weight excluding hydrogens is 290 g/mol. The Morgan fingerprint density at radius 1 is 1.50 bits per heavy atom. The van der Waals surface area contributed by atoms with E-state index in [1.807, 2.05) is 6.20 Å². The molecule has 1 aliphatic heterocycles. The van der Waals surface area contributed by atoms with E-state index in [4.69, 9.17) is 0 Å². The highest BCUT2D eigenvalue weighted by Crippen LogP contribution is 2.27. The number of hydrogen-bond acceptors (Lipinski definition) is 3. The van der Waals surface area contributed by atoms with Crippen LogP contribution in [0.4, 0.5) is 5.82 Å². The van der Waals surface area contributed by atoms with Gasteiger partial charge >= 0.3 is 0 Å². The quantitative estimate of drug-likeness (QED) is 0.926. The molecule has 0 saturated carbocycles. The molecule has 0 bridgehead atoms. The minimum absolute atomic E-state index is 0.589. The highest BCUT2D eigenvalue weighted by molar-refractivity contribution is 9.10. The van der Waals surface area contributed by atoms with E-state index >= 15 is 0 Å². The lowest BCUT2D eigenvalue weighted by molar-refractivity contribution is 0.436. The second-order valence-corrected chi connectivity index (χ2v) is 5.86. The molecule has 0 aliphatic carbocycles. The third-order valence-electron chi connectivity index (χ3n) is 3.55. The number of halogens is 1.